The fraction of sp³-hybridized carbons (Fsp3) is 0.350. The van der Waals surface area contributed by atoms with Crippen LogP contribution in [0.3, 0.4) is 0 Å². The molecular weight excluding hydrogens is 362 g/mol. The lowest BCUT2D eigenvalue weighted by molar-refractivity contribution is -0.385. The lowest BCUT2D eigenvalue weighted by atomic mass is 10.1. The smallest absolute Gasteiger partial charge is 0.273 e. The second kappa shape index (κ2) is 9.18. The van der Waals surface area contributed by atoms with E-state index < -0.39 is 0 Å². The van der Waals surface area contributed by atoms with Gasteiger partial charge in [0.15, 0.2) is 6.61 Å². The Hall–Kier alpha value is -3.13. The molecule has 0 saturated carbocycles. The molecule has 0 radical (unpaired) electrons. The number of carbonyl (C=O) groups is 1. The lowest BCUT2D eigenvalue weighted by Crippen LogP contribution is -2.49. The van der Waals surface area contributed by atoms with Crippen molar-refractivity contribution in [1.82, 2.24) is 9.80 Å². The van der Waals surface area contributed by atoms with Crippen LogP contribution in [0.25, 0.3) is 0 Å². The van der Waals surface area contributed by atoms with Gasteiger partial charge in [0.2, 0.25) is 0 Å². The van der Waals surface area contributed by atoms with E-state index in [0.29, 0.717) is 44.0 Å². The average Bonchev–Trinajstić information content (AvgIpc) is 2.73. The second-order valence-corrected chi connectivity index (χ2v) is 6.51. The average molecular weight is 385 g/mol. The molecule has 1 amide bonds. The van der Waals surface area contributed by atoms with Crippen LogP contribution in [0.15, 0.2) is 48.5 Å². The second-order valence-electron chi connectivity index (χ2n) is 6.51. The maximum atomic E-state index is 12.4. The first kappa shape index (κ1) is 19.6. The van der Waals surface area contributed by atoms with Crippen molar-refractivity contribution in [3.8, 4) is 11.5 Å². The molecule has 1 fully saturated rings. The molecule has 2 aromatic rings. The van der Waals surface area contributed by atoms with Crippen molar-refractivity contribution in [3.63, 3.8) is 0 Å². The summed E-state index contributed by atoms with van der Waals surface area (Å²) in [4.78, 5) is 27.0. The standard InChI is InChI=1S/C20H23N3O5/c1-27-17-6-8-18(9-7-17)28-15-20(24)22-12-10-21(11-13-22)14-16-4-2-3-5-19(16)23(25)26/h2-9H,10-15H2,1H3. The van der Waals surface area contributed by atoms with Gasteiger partial charge in [0.05, 0.1) is 12.0 Å². The topological polar surface area (TPSA) is 85.2 Å². The molecule has 1 saturated heterocycles. The normalized spacial score (nSPS) is 14.5. The molecule has 3 rings (SSSR count). The Morgan fingerprint density at radius 2 is 1.68 bits per heavy atom. The highest BCUT2D eigenvalue weighted by atomic mass is 16.6. The van der Waals surface area contributed by atoms with Crippen LogP contribution in [-0.4, -0.2) is 60.5 Å². The molecule has 0 bridgehead atoms. The van der Waals surface area contributed by atoms with Crippen molar-refractivity contribution < 1.29 is 19.2 Å². The van der Waals surface area contributed by atoms with Crippen LogP contribution < -0.4 is 9.47 Å². The van der Waals surface area contributed by atoms with E-state index in [1.54, 1.807) is 54.5 Å². The maximum absolute atomic E-state index is 12.4. The van der Waals surface area contributed by atoms with Gasteiger partial charge in [-0.25, -0.2) is 0 Å². The number of piperazine rings is 1. The van der Waals surface area contributed by atoms with Crippen molar-refractivity contribution in [2.75, 3.05) is 39.9 Å². The van der Waals surface area contributed by atoms with Gasteiger partial charge in [-0.05, 0) is 24.3 Å². The Morgan fingerprint density at radius 1 is 1.04 bits per heavy atom. The van der Waals surface area contributed by atoms with Crippen molar-refractivity contribution in [1.29, 1.82) is 0 Å². The minimum absolute atomic E-state index is 0.0174. The molecule has 0 unspecified atom stereocenters. The summed E-state index contributed by atoms with van der Waals surface area (Å²) in [5, 5.41) is 11.1. The minimum atomic E-state index is -0.356. The van der Waals surface area contributed by atoms with E-state index in [2.05, 4.69) is 4.90 Å². The van der Waals surface area contributed by atoms with Gasteiger partial charge in [0, 0.05) is 44.4 Å². The summed E-state index contributed by atoms with van der Waals surface area (Å²) >= 11 is 0. The Labute approximate surface area is 163 Å². The summed E-state index contributed by atoms with van der Waals surface area (Å²) in [5.41, 5.74) is 0.823. The first-order chi connectivity index (χ1) is 13.6. The highest BCUT2D eigenvalue weighted by Crippen LogP contribution is 2.20. The molecule has 2 aromatic carbocycles. The number of carbonyl (C=O) groups excluding carboxylic acids is 1. The number of methoxy groups -OCH3 is 1. The predicted molar refractivity (Wildman–Crippen MR) is 103 cm³/mol. The number of amides is 1. The van der Waals surface area contributed by atoms with Crippen LogP contribution in [0.2, 0.25) is 0 Å². The summed E-state index contributed by atoms with van der Waals surface area (Å²) in [6.45, 7) is 2.97. The molecular formula is C20H23N3O5. The molecule has 28 heavy (non-hydrogen) atoms. The van der Waals surface area contributed by atoms with Gasteiger partial charge in [-0.1, -0.05) is 18.2 Å². The van der Waals surface area contributed by atoms with Crippen molar-refractivity contribution in [2.24, 2.45) is 0 Å². The third-order valence-corrected chi connectivity index (χ3v) is 4.73. The summed E-state index contributed by atoms with van der Waals surface area (Å²) in [5.74, 6) is 1.28. The predicted octanol–water partition coefficient (Wildman–Crippen LogP) is 2.33. The molecule has 0 spiro atoms. The Bertz CT molecular complexity index is 817. The van der Waals surface area contributed by atoms with Crippen molar-refractivity contribution in [2.45, 2.75) is 6.54 Å². The summed E-state index contributed by atoms with van der Waals surface area (Å²) in [6, 6.07) is 13.8. The molecule has 1 aliphatic rings. The third-order valence-electron chi connectivity index (χ3n) is 4.73. The fourth-order valence-corrected chi connectivity index (χ4v) is 3.13. The fourth-order valence-electron chi connectivity index (χ4n) is 3.13. The molecule has 148 valence electrons. The van der Waals surface area contributed by atoms with Crippen molar-refractivity contribution in [3.05, 3.63) is 64.2 Å². The molecule has 8 nitrogen and oxygen atoms in total. The molecule has 1 aliphatic heterocycles. The summed E-state index contributed by atoms with van der Waals surface area (Å²) in [6.07, 6.45) is 0. The quantitative estimate of drug-likeness (QED) is 0.537. The van der Waals surface area contributed by atoms with Gasteiger partial charge < -0.3 is 14.4 Å². The number of nitrogens with zero attached hydrogens (tertiary/aromatic N) is 3. The zero-order chi connectivity index (χ0) is 19.9. The Kier molecular flexibility index (Phi) is 6.44. The molecule has 0 N–H and O–H groups in total. The van der Waals surface area contributed by atoms with Gasteiger partial charge in [-0.2, -0.15) is 0 Å². The highest BCUT2D eigenvalue weighted by Gasteiger charge is 2.23. The SMILES string of the molecule is COc1ccc(OCC(=O)N2CCN(Cc3ccccc3[N+](=O)[O-])CC2)cc1. The van der Waals surface area contributed by atoms with E-state index in [9.17, 15) is 14.9 Å². The minimum Gasteiger partial charge on any atom is -0.497 e. The number of hydrogen-bond donors (Lipinski definition) is 0. The third kappa shape index (κ3) is 4.98. The van der Waals surface area contributed by atoms with Crippen molar-refractivity contribution >= 4 is 11.6 Å². The number of nitro benzene ring substituents is 1. The van der Waals surface area contributed by atoms with E-state index in [0.717, 1.165) is 5.75 Å². The van der Waals surface area contributed by atoms with Crippen LogP contribution >= 0.6 is 0 Å². The number of rotatable bonds is 7. The van der Waals surface area contributed by atoms with Crippen LogP contribution in [0, 0.1) is 10.1 Å². The highest BCUT2D eigenvalue weighted by molar-refractivity contribution is 5.77. The van der Waals surface area contributed by atoms with Gasteiger partial charge in [0.25, 0.3) is 11.6 Å². The van der Waals surface area contributed by atoms with E-state index in [4.69, 9.17) is 9.47 Å². The lowest BCUT2D eigenvalue weighted by Gasteiger charge is -2.34. The number of hydrogen-bond acceptors (Lipinski definition) is 6. The zero-order valence-electron chi connectivity index (χ0n) is 15.7. The van der Waals surface area contributed by atoms with Gasteiger partial charge in [-0.15, -0.1) is 0 Å². The molecule has 0 atom stereocenters. The first-order valence-electron chi connectivity index (χ1n) is 9.06. The first-order valence-corrected chi connectivity index (χ1v) is 9.06. The summed E-state index contributed by atoms with van der Waals surface area (Å²) < 4.78 is 10.6. The monoisotopic (exact) mass is 385 g/mol. The summed E-state index contributed by atoms with van der Waals surface area (Å²) in [7, 11) is 1.59. The molecule has 8 heteroatoms. The zero-order valence-corrected chi connectivity index (χ0v) is 15.7. The Balaban J connectivity index is 1.47. The molecule has 0 aromatic heterocycles. The van der Waals surface area contributed by atoms with E-state index >= 15 is 0 Å². The van der Waals surface area contributed by atoms with Gasteiger partial charge in [0.1, 0.15) is 11.5 Å². The Morgan fingerprint density at radius 3 is 2.32 bits per heavy atom. The maximum Gasteiger partial charge on any atom is 0.273 e. The van der Waals surface area contributed by atoms with E-state index in [1.165, 1.54) is 6.07 Å². The van der Waals surface area contributed by atoms with Crippen LogP contribution in [-0.2, 0) is 11.3 Å². The number of nitro groups is 1. The number of ether oxygens (including phenoxy) is 2. The van der Waals surface area contributed by atoms with Crippen LogP contribution in [0.4, 0.5) is 5.69 Å². The van der Waals surface area contributed by atoms with E-state index in [-0.39, 0.29) is 23.1 Å². The van der Waals surface area contributed by atoms with Gasteiger partial charge >= 0.3 is 0 Å². The number of para-hydroxylation sites is 1. The number of benzene rings is 2. The van der Waals surface area contributed by atoms with Crippen LogP contribution in [0.5, 0.6) is 11.5 Å². The van der Waals surface area contributed by atoms with E-state index in [1.807, 2.05) is 0 Å². The molecule has 1 heterocycles. The molecule has 0 aliphatic carbocycles. The van der Waals surface area contributed by atoms with Gasteiger partial charge in [-0.3, -0.25) is 19.8 Å². The van der Waals surface area contributed by atoms with Crippen LogP contribution in [0.1, 0.15) is 5.56 Å². The largest absolute Gasteiger partial charge is 0.497 e.